The Balaban J connectivity index is 1.51. The largest absolute Gasteiger partial charge is 0.374 e. The predicted molar refractivity (Wildman–Crippen MR) is 178 cm³/mol. The first-order valence-corrected chi connectivity index (χ1v) is 15.4. The number of nitro benzene ring substituents is 2. The highest BCUT2D eigenvalue weighted by atomic mass is 16.7. The van der Waals surface area contributed by atoms with Gasteiger partial charge < -0.3 is 29.0 Å². The third-order valence-electron chi connectivity index (χ3n) is 7.70. The Labute approximate surface area is 278 Å². The van der Waals surface area contributed by atoms with Crippen LogP contribution in [0.2, 0.25) is 0 Å². The summed E-state index contributed by atoms with van der Waals surface area (Å²) in [7, 11) is 0. The number of hydrogen-bond donors (Lipinski definition) is 1. The fourth-order valence-corrected chi connectivity index (χ4v) is 5.38. The van der Waals surface area contributed by atoms with Crippen LogP contribution in [0.25, 0.3) is 0 Å². The number of anilines is 1. The molecule has 250 valence electrons. The van der Waals surface area contributed by atoms with Gasteiger partial charge in [0.1, 0.15) is 30.0 Å². The van der Waals surface area contributed by atoms with Crippen molar-refractivity contribution in [2.45, 2.75) is 50.5 Å². The molecule has 1 saturated heterocycles. The molecule has 4 aromatic rings. The van der Waals surface area contributed by atoms with E-state index in [1.54, 1.807) is 6.08 Å². The van der Waals surface area contributed by atoms with Gasteiger partial charge in [-0.2, -0.15) is 0 Å². The zero-order chi connectivity index (χ0) is 33.7. The average Bonchev–Trinajstić information content (AvgIpc) is 3.11. The van der Waals surface area contributed by atoms with Crippen LogP contribution in [0.15, 0.2) is 122 Å². The van der Waals surface area contributed by atoms with Crippen LogP contribution >= 0.6 is 0 Å². The van der Waals surface area contributed by atoms with Crippen LogP contribution < -0.4 is 5.32 Å². The van der Waals surface area contributed by atoms with Crippen molar-refractivity contribution in [2.24, 2.45) is 0 Å². The number of non-ortho nitro benzene ring substituents is 1. The molecule has 48 heavy (non-hydrogen) atoms. The van der Waals surface area contributed by atoms with Gasteiger partial charge >= 0.3 is 0 Å². The molecule has 4 aromatic carbocycles. The van der Waals surface area contributed by atoms with Crippen LogP contribution in [0.3, 0.4) is 0 Å². The van der Waals surface area contributed by atoms with Crippen LogP contribution in [-0.4, -0.2) is 53.7 Å². The highest BCUT2D eigenvalue weighted by molar-refractivity contribution is 5.66. The maximum atomic E-state index is 12.1. The van der Waals surface area contributed by atoms with Gasteiger partial charge in [0, 0.05) is 6.07 Å². The van der Waals surface area contributed by atoms with Crippen molar-refractivity contribution in [3.63, 3.8) is 0 Å². The van der Waals surface area contributed by atoms with E-state index < -0.39 is 51.9 Å². The van der Waals surface area contributed by atoms with Gasteiger partial charge in [0.15, 0.2) is 6.29 Å². The number of rotatable bonds is 17. The SMILES string of the molecule is C=CCO[C@@H]1O[C@H](COCc2ccccc2)[C@@H](OCc2ccccc2)[C@H](OCc2ccccc2)[C@H]1Nc1ccc([N+](=O)[O-])cc1[N+](=O)[O-]. The lowest BCUT2D eigenvalue weighted by atomic mass is 9.95. The lowest BCUT2D eigenvalue weighted by Crippen LogP contribution is -2.63. The molecule has 0 amide bonds. The standard InChI is InChI=1S/C36H37N3O9/c1-2-20-45-36-33(37-30-19-18-29(38(40)41)21-31(30)39(42)43)35(47-24-28-16-10-5-11-17-28)34(46-23-27-14-8-4-9-15-27)32(48-36)25-44-22-26-12-6-3-7-13-26/h2-19,21,32-37H,1,20,22-25H2/t32-,33-,34-,35-,36-/m1/s1. The number of hydrogen-bond acceptors (Lipinski definition) is 10. The molecule has 0 aromatic heterocycles. The summed E-state index contributed by atoms with van der Waals surface area (Å²) in [6.45, 7) is 4.72. The molecule has 0 bridgehead atoms. The summed E-state index contributed by atoms with van der Waals surface area (Å²) < 4.78 is 31.9. The fourth-order valence-electron chi connectivity index (χ4n) is 5.38. The third-order valence-corrected chi connectivity index (χ3v) is 7.70. The fraction of sp³-hybridized carbons (Fsp3) is 0.278. The molecule has 5 atom stereocenters. The Morgan fingerprint density at radius 2 is 1.29 bits per heavy atom. The number of nitrogens with one attached hydrogen (secondary N) is 1. The number of nitrogens with zero attached hydrogens (tertiary/aromatic N) is 2. The topological polar surface area (TPSA) is 144 Å². The first kappa shape index (κ1) is 34.4. The predicted octanol–water partition coefficient (Wildman–Crippen LogP) is 6.60. The molecule has 1 fully saturated rings. The van der Waals surface area contributed by atoms with E-state index in [4.69, 9.17) is 23.7 Å². The first-order valence-electron chi connectivity index (χ1n) is 15.4. The minimum absolute atomic E-state index is 0.0281. The highest BCUT2D eigenvalue weighted by Crippen LogP contribution is 2.35. The number of ether oxygens (including phenoxy) is 5. The Morgan fingerprint density at radius 1 is 0.729 bits per heavy atom. The van der Waals surface area contributed by atoms with Gasteiger partial charge in [-0.3, -0.25) is 20.2 Å². The monoisotopic (exact) mass is 655 g/mol. The molecule has 1 N–H and O–H groups in total. The zero-order valence-electron chi connectivity index (χ0n) is 26.2. The van der Waals surface area contributed by atoms with E-state index in [2.05, 4.69) is 11.9 Å². The van der Waals surface area contributed by atoms with Crippen molar-refractivity contribution in [1.29, 1.82) is 0 Å². The molecule has 0 radical (unpaired) electrons. The Morgan fingerprint density at radius 3 is 1.83 bits per heavy atom. The molecule has 0 spiro atoms. The van der Waals surface area contributed by atoms with E-state index in [1.807, 2.05) is 91.0 Å². The summed E-state index contributed by atoms with van der Waals surface area (Å²) in [5.41, 5.74) is 1.93. The molecule has 0 aliphatic carbocycles. The lowest BCUT2D eigenvalue weighted by Gasteiger charge is -2.46. The van der Waals surface area contributed by atoms with Gasteiger partial charge in [0.05, 0.1) is 48.9 Å². The second kappa shape index (κ2) is 17.3. The van der Waals surface area contributed by atoms with Crippen LogP contribution in [-0.2, 0) is 43.5 Å². The summed E-state index contributed by atoms with van der Waals surface area (Å²) in [6, 6.07) is 31.4. The summed E-state index contributed by atoms with van der Waals surface area (Å²) in [6.07, 6.45) is -1.69. The maximum Gasteiger partial charge on any atom is 0.299 e. The molecule has 5 rings (SSSR count). The average molecular weight is 656 g/mol. The molecular formula is C36H37N3O9. The van der Waals surface area contributed by atoms with Gasteiger partial charge in [-0.25, -0.2) is 0 Å². The number of benzene rings is 4. The Kier molecular flexibility index (Phi) is 12.3. The summed E-state index contributed by atoms with van der Waals surface area (Å²) in [5.74, 6) is 0. The van der Waals surface area contributed by atoms with Gasteiger partial charge in [-0.1, -0.05) is 97.1 Å². The smallest absolute Gasteiger partial charge is 0.299 e. The summed E-state index contributed by atoms with van der Waals surface area (Å²) in [5, 5.41) is 26.7. The van der Waals surface area contributed by atoms with Crippen molar-refractivity contribution in [2.75, 3.05) is 18.5 Å². The van der Waals surface area contributed by atoms with E-state index in [-0.39, 0.29) is 32.1 Å². The van der Waals surface area contributed by atoms with Crippen molar-refractivity contribution < 1.29 is 33.5 Å². The zero-order valence-corrected chi connectivity index (χ0v) is 26.2. The van der Waals surface area contributed by atoms with Crippen LogP contribution in [0.4, 0.5) is 17.1 Å². The minimum Gasteiger partial charge on any atom is -0.374 e. The van der Waals surface area contributed by atoms with Crippen LogP contribution in [0, 0.1) is 20.2 Å². The second-order valence-corrected chi connectivity index (χ2v) is 11.1. The van der Waals surface area contributed by atoms with E-state index in [1.165, 1.54) is 12.1 Å². The van der Waals surface area contributed by atoms with Crippen LogP contribution in [0.1, 0.15) is 16.7 Å². The number of nitro groups is 2. The van der Waals surface area contributed by atoms with E-state index in [0.717, 1.165) is 22.8 Å². The van der Waals surface area contributed by atoms with Crippen molar-refractivity contribution in [3.05, 3.63) is 159 Å². The summed E-state index contributed by atoms with van der Waals surface area (Å²) >= 11 is 0. The first-order chi connectivity index (χ1) is 23.4. The van der Waals surface area contributed by atoms with Crippen LogP contribution in [0.5, 0.6) is 0 Å². The third kappa shape index (κ3) is 9.31. The van der Waals surface area contributed by atoms with E-state index >= 15 is 0 Å². The molecule has 12 heteroatoms. The quantitative estimate of drug-likeness (QED) is 0.0751. The Bertz CT molecular complexity index is 1630. The van der Waals surface area contributed by atoms with E-state index in [0.29, 0.717) is 6.61 Å². The van der Waals surface area contributed by atoms with Gasteiger partial charge in [0.25, 0.3) is 11.4 Å². The molecular weight excluding hydrogens is 618 g/mol. The minimum atomic E-state index is -1.01. The molecule has 0 unspecified atom stereocenters. The Hall–Kier alpha value is -4.98. The van der Waals surface area contributed by atoms with Gasteiger partial charge in [-0.15, -0.1) is 6.58 Å². The van der Waals surface area contributed by atoms with Crippen molar-refractivity contribution >= 4 is 17.1 Å². The van der Waals surface area contributed by atoms with Crippen molar-refractivity contribution in [1.82, 2.24) is 0 Å². The van der Waals surface area contributed by atoms with Gasteiger partial charge in [0.2, 0.25) is 0 Å². The molecule has 1 heterocycles. The van der Waals surface area contributed by atoms with Crippen molar-refractivity contribution in [3.8, 4) is 0 Å². The molecule has 0 saturated carbocycles. The van der Waals surface area contributed by atoms with E-state index in [9.17, 15) is 20.2 Å². The second-order valence-electron chi connectivity index (χ2n) is 11.1. The summed E-state index contributed by atoms with van der Waals surface area (Å²) in [4.78, 5) is 22.2. The highest BCUT2D eigenvalue weighted by Gasteiger charge is 2.49. The molecule has 1 aliphatic rings. The molecule has 12 nitrogen and oxygen atoms in total. The van der Waals surface area contributed by atoms with Gasteiger partial charge in [-0.05, 0) is 22.8 Å². The maximum absolute atomic E-state index is 12.1. The lowest BCUT2D eigenvalue weighted by molar-refractivity contribution is -0.393. The normalized spacial score (nSPS) is 20.5. The molecule has 1 aliphatic heterocycles.